The van der Waals surface area contributed by atoms with Gasteiger partial charge in [-0.2, -0.15) is 13.2 Å². The van der Waals surface area contributed by atoms with E-state index in [1.807, 2.05) is 0 Å². The van der Waals surface area contributed by atoms with Crippen molar-refractivity contribution in [2.45, 2.75) is 25.3 Å². The van der Waals surface area contributed by atoms with E-state index in [0.717, 1.165) is 0 Å². The quantitative estimate of drug-likeness (QED) is 0.734. The summed E-state index contributed by atoms with van der Waals surface area (Å²) < 4.78 is 53.4. The van der Waals surface area contributed by atoms with Gasteiger partial charge in [0.25, 0.3) is 0 Å². The first-order valence-electron chi connectivity index (χ1n) is 7.75. The molecule has 9 heteroatoms. The van der Waals surface area contributed by atoms with Crippen LogP contribution in [0.4, 0.5) is 13.2 Å². The van der Waals surface area contributed by atoms with Crippen molar-refractivity contribution in [2.75, 3.05) is 33.9 Å². The fourth-order valence-corrected chi connectivity index (χ4v) is 2.82. The van der Waals surface area contributed by atoms with Crippen molar-refractivity contribution in [2.24, 2.45) is 10.9 Å². The third kappa shape index (κ3) is 4.60. The number of halogens is 3. The number of ether oxygens (including phenoxy) is 3. The second-order valence-electron chi connectivity index (χ2n) is 5.78. The van der Waals surface area contributed by atoms with Crippen molar-refractivity contribution >= 4 is 11.6 Å². The molecule has 2 atom stereocenters. The number of amides is 1. The number of rotatable bonds is 6. The first kappa shape index (κ1) is 19.5. The lowest BCUT2D eigenvalue weighted by Crippen LogP contribution is -2.44. The van der Waals surface area contributed by atoms with E-state index in [1.165, 1.54) is 33.3 Å². The SMILES string of the molecule is COC1=CC2=NCCC(CNC(C)=O)C2=CC1(OC)OCC(F)(F)F. The van der Waals surface area contributed by atoms with E-state index < -0.39 is 18.6 Å². The standard InChI is InChI=1S/C16H21F3N2O4/c1-10(22)21-8-11-4-5-20-13-6-14(23-2)15(24-3,7-12(11)13)25-9-16(17,18)19/h6-7,11H,4-5,8-9H2,1-3H3,(H,21,22). The molecule has 0 aromatic rings. The highest BCUT2D eigenvalue weighted by Crippen LogP contribution is 2.37. The van der Waals surface area contributed by atoms with Crippen LogP contribution < -0.4 is 5.32 Å². The zero-order chi connectivity index (χ0) is 18.7. The molecular weight excluding hydrogens is 341 g/mol. The number of nitrogens with one attached hydrogen (secondary N) is 1. The lowest BCUT2D eigenvalue weighted by molar-refractivity contribution is -0.251. The van der Waals surface area contributed by atoms with Gasteiger partial charge in [0.05, 0.1) is 12.8 Å². The first-order valence-corrected chi connectivity index (χ1v) is 7.75. The number of carbonyl (C=O) groups is 1. The van der Waals surface area contributed by atoms with E-state index in [9.17, 15) is 18.0 Å². The van der Waals surface area contributed by atoms with Crippen LogP contribution in [0.15, 0.2) is 28.5 Å². The van der Waals surface area contributed by atoms with Gasteiger partial charge >= 0.3 is 6.18 Å². The summed E-state index contributed by atoms with van der Waals surface area (Å²) >= 11 is 0. The summed E-state index contributed by atoms with van der Waals surface area (Å²) in [5, 5.41) is 2.73. The van der Waals surface area contributed by atoms with Crippen LogP contribution in [0.25, 0.3) is 0 Å². The van der Waals surface area contributed by atoms with E-state index >= 15 is 0 Å². The van der Waals surface area contributed by atoms with Gasteiger partial charge in [0.2, 0.25) is 11.7 Å². The van der Waals surface area contributed by atoms with Crippen molar-refractivity contribution in [3.63, 3.8) is 0 Å². The molecule has 2 rings (SSSR count). The average Bonchev–Trinajstić information content (AvgIpc) is 2.56. The average molecular weight is 362 g/mol. The maximum absolute atomic E-state index is 12.6. The number of hydrogen-bond donors (Lipinski definition) is 1. The normalized spacial score (nSPS) is 26.2. The number of nitrogens with zero attached hydrogens (tertiary/aromatic N) is 1. The zero-order valence-corrected chi connectivity index (χ0v) is 14.3. The predicted octanol–water partition coefficient (Wildman–Crippen LogP) is 1.98. The minimum atomic E-state index is -4.51. The summed E-state index contributed by atoms with van der Waals surface area (Å²) in [5.41, 5.74) is 1.27. The van der Waals surface area contributed by atoms with Crippen molar-refractivity contribution < 1.29 is 32.2 Å². The molecule has 0 radical (unpaired) electrons. The summed E-state index contributed by atoms with van der Waals surface area (Å²) in [5.74, 6) is -1.98. The molecule has 1 N–H and O–H groups in total. The fraction of sp³-hybridized carbons (Fsp3) is 0.625. The van der Waals surface area contributed by atoms with Crippen molar-refractivity contribution in [3.05, 3.63) is 23.5 Å². The maximum atomic E-state index is 12.6. The summed E-state index contributed by atoms with van der Waals surface area (Å²) in [6.07, 6.45) is -0.874. The largest absolute Gasteiger partial charge is 0.495 e. The van der Waals surface area contributed by atoms with E-state index in [4.69, 9.17) is 14.2 Å². The molecule has 0 fully saturated rings. The third-order valence-corrected chi connectivity index (χ3v) is 4.02. The van der Waals surface area contributed by atoms with Crippen LogP contribution in [0, 0.1) is 5.92 Å². The monoisotopic (exact) mass is 362 g/mol. The van der Waals surface area contributed by atoms with Crippen LogP contribution in [0.5, 0.6) is 0 Å². The highest BCUT2D eigenvalue weighted by molar-refractivity contribution is 6.10. The summed E-state index contributed by atoms with van der Waals surface area (Å²) in [7, 11) is 2.57. The first-order chi connectivity index (χ1) is 11.7. The van der Waals surface area contributed by atoms with Crippen LogP contribution in [0.1, 0.15) is 13.3 Å². The molecule has 25 heavy (non-hydrogen) atoms. The van der Waals surface area contributed by atoms with Crippen molar-refractivity contribution in [3.8, 4) is 0 Å². The molecule has 1 aliphatic heterocycles. The summed E-state index contributed by atoms with van der Waals surface area (Å²) in [4.78, 5) is 15.6. The van der Waals surface area contributed by atoms with Crippen LogP contribution in [-0.2, 0) is 19.0 Å². The van der Waals surface area contributed by atoms with Gasteiger partial charge in [-0.1, -0.05) is 0 Å². The lowest BCUT2D eigenvalue weighted by atomic mass is 9.84. The van der Waals surface area contributed by atoms with Gasteiger partial charge in [0, 0.05) is 39.1 Å². The van der Waals surface area contributed by atoms with E-state index in [1.54, 1.807) is 0 Å². The second-order valence-corrected chi connectivity index (χ2v) is 5.78. The van der Waals surface area contributed by atoms with Gasteiger partial charge in [0.1, 0.15) is 6.61 Å². The Bertz CT molecular complexity index is 613. The molecule has 0 aromatic heterocycles. The van der Waals surface area contributed by atoms with Gasteiger partial charge in [0.15, 0.2) is 5.76 Å². The third-order valence-electron chi connectivity index (χ3n) is 4.02. The second kappa shape index (κ2) is 7.57. The molecule has 0 aromatic carbocycles. The van der Waals surface area contributed by atoms with Gasteiger partial charge in [-0.05, 0) is 18.1 Å². The smallest absolute Gasteiger partial charge is 0.411 e. The van der Waals surface area contributed by atoms with Gasteiger partial charge in [-0.15, -0.1) is 0 Å². The van der Waals surface area contributed by atoms with Gasteiger partial charge in [-0.3, -0.25) is 9.79 Å². The summed E-state index contributed by atoms with van der Waals surface area (Å²) in [6.45, 7) is 0.819. The molecule has 140 valence electrons. The Morgan fingerprint density at radius 1 is 1.44 bits per heavy atom. The van der Waals surface area contributed by atoms with Crippen LogP contribution >= 0.6 is 0 Å². The lowest BCUT2D eigenvalue weighted by Gasteiger charge is -2.37. The molecule has 2 aliphatic rings. The highest BCUT2D eigenvalue weighted by atomic mass is 19.4. The zero-order valence-electron chi connectivity index (χ0n) is 14.3. The Morgan fingerprint density at radius 3 is 2.72 bits per heavy atom. The Kier molecular flexibility index (Phi) is 5.89. The van der Waals surface area contributed by atoms with Gasteiger partial charge < -0.3 is 19.5 Å². The van der Waals surface area contributed by atoms with Crippen LogP contribution in [0.3, 0.4) is 0 Å². The minimum Gasteiger partial charge on any atom is -0.495 e. The molecule has 1 heterocycles. The Hall–Kier alpha value is -1.87. The van der Waals surface area contributed by atoms with Crippen molar-refractivity contribution in [1.29, 1.82) is 0 Å². The number of carbonyl (C=O) groups excluding carboxylic acids is 1. The van der Waals surface area contributed by atoms with Crippen LogP contribution in [-0.4, -0.2) is 57.5 Å². The van der Waals surface area contributed by atoms with Crippen molar-refractivity contribution in [1.82, 2.24) is 5.32 Å². The molecule has 0 bridgehead atoms. The fourth-order valence-electron chi connectivity index (χ4n) is 2.82. The molecule has 6 nitrogen and oxygen atoms in total. The topological polar surface area (TPSA) is 69.2 Å². The number of methoxy groups -OCH3 is 2. The Morgan fingerprint density at radius 2 is 2.16 bits per heavy atom. The molecule has 0 saturated heterocycles. The maximum Gasteiger partial charge on any atom is 0.411 e. The Labute approximate surface area is 143 Å². The van der Waals surface area contributed by atoms with E-state index in [2.05, 4.69) is 10.3 Å². The van der Waals surface area contributed by atoms with Gasteiger partial charge in [-0.25, -0.2) is 0 Å². The number of aliphatic imine (C=N–C) groups is 1. The number of fused-ring (bicyclic) bond motifs is 1. The molecule has 0 saturated carbocycles. The number of hydrogen-bond acceptors (Lipinski definition) is 5. The predicted molar refractivity (Wildman–Crippen MR) is 84.0 cm³/mol. The molecule has 1 amide bonds. The van der Waals surface area contributed by atoms with E-state index in [0.29, 0.717) is 30.8 Å². The Balaban J connectivity index is 2.35. The minimum absolute atomic E-state index is 0.0851. The molecular formula is C16H21F3N2O4. The molecule has 0 spiro atoms. The van der Waals surface area contributed by atoms with Crippen LogP contribution in [0.2, 0.25) is 0 Å². The number of alkyl halides is 3. The van der Waals surface area contributed by atoms with E-state index in [-0.39, 0.29) is 17.6 Å². The molecule has 2 unspecified atom stereocenters. The number of allylic oxidation sites excluding steroid dienone is 1. The molecule has 1 aliphatic carbocycles. The summed E-state index contributed by atoms with van der Waals surface area (Å²) in [6, 6.07) is 0. The highest BCUT2D eigenvalue weighted by Gasteiger charge is 2.44.